The molecule has 2 aromatic rings. The van der Waals surface area contributed by atoms with Gasteiger partial charge >= 0.3 is 12.2 Å². The van der Waals surface area contributed by atoms with Gasteiger partial charge in [-0.1, -0.05) is 38.1 Å². The number of urea groups is 1. The van der Waals surface area contributed by atoms with Crippen LogP contribution in [0.5, 0.6) is 0 Å². The van der Waals surface area contributed by atoms with E-state index in [2.05, 4.69) is 19.2 Å². The van der Waals surface area contributed by atoms with Crippen LogP contribution in [0.2, 0.25) is 0 Å². The lowest BCUT2D eigenvalue weighted by Gasteiger charge is -2.37. The molecule has 0 spiro atoms. The molecule has 150 valence electrons. The Balaban J connectivity index is 1.60. The molecule has 7 heteroatoms. The van der Waals surface area contributed by atoms with E-state index in [1.807, 2.05) is 24.3 Å². The third-order valence-corrected chi connectivity index (χ3v) is 4.95. The summed E-state index contributed by atoms with van der Waals surface area (Å²) in [6.07, 6.45) is -4.40. The Morgan fingerprint density at radius 3 is 2.14 bits per heavy atom. The number of piperazine rings is 1. The van der Waals surface area contributed by atoms with Crippen LogP contribution in [-0.4, -0.2) is 37.1 Å². The first-order valence-electron chi connectivity index (χ1n) is 9.33. The summed E-state index contributed by atoms with van der Waals surface area (Å²) in [7, 11) is 0. The van der Waals surface area contributed by atoms with E-state index < -0.39 is 11.7 Å². The minimum Gasteiger partial charge on any atom is -0.367 e. The molecule has 0 atom stereocenters. The summed E-state index contributed by atoms with van der Waals surface area (Å²) in [6.45, 7) is 5.64. The van der Waals surface area contributed by atoms with Crippen molar-refractivity contribution in [1.82, 2.24) is 4.90 Å². The number of rotatable bonds is 3. The van der Waals surface area contributed by atoms with Crippen molar-refractivity contribution < 1.29 is 18.0 Å². The highest BCUT2D eigenvalue weighted by molar-refractivity contribution is 5.89. The zero-order chi connectivity index (χ0) is 20.3. The topological polar surface area (TPSA) is 35.6 Å². The molecule has 0 aliphatic carbocycles. The molecule has 0 unspecified atom stereocenters. The summed E-state index contributed by atoms with van der Waals surface area (Å²) >= 11 is 0. The predicted molar refractivity (Wildman–Crippen MR) is 105 cm³/mol. The van der Waals surface area contributed by atoms with Crippen molar-refractivity contribution in [2.45, 2.75) is 25.9 Å². The fourth-order valence-corrected chi connectivity index (χ4v) is 3.29. The number of para-hydroxylation sites is 1. The highest BCUT2D eigenvalue weighted by Gasteiger charge is 2.35. The van der Waals surface area contributed by atoms with Gasteiger partial charge < -0.3 is 15.1 Å². The summed E-state index contributed by atoms with van der Waals surface area (Å²) < 4.78 is 39.7. The maximum atomic E-state index is 13.2. The number of benzene rings is 2. The van der Waals surface area contributed by atoms with Crippen LogP contribution >= 0.6 is 0 Å². The highest BCUT2D eigenvalue weighted by Crippen LogP contribution is 2.36. The second kappa shape index (κ2) is 8.12. The molecule has 0 aromatic heterocycles. The third kappa shape index (κ3) is 4.58. The fourth-order valence-electron chi connectivity index (χ4n) is 3.29. The van der Waals surface area contributed by atoms with Gasteiger partial charge in [-0.05, 0) is 35.7 Å². The molecule has 1 N–H and O–H groups in total. The van der Waals surface area contributed by atoms with Gasteiger partial charge in [-0.3, -0.25) is 0 Å². The summed E-state index contributed by atoms with van der Waals surface area (Å²) in [5.41, 5.74) is 1.42. The number of hydrogen-bond acceptors (Lipinski definition) is 2. The number of nitrogens with zero attached hydrogens (tertiary/aromatic N) is 2. The lowest BCUT2D eigenvalue weighted by Crippen LogP contribution is -2.50. The number of nitrogens with one attached hydrogen (secondary N) is 1. The van der Waals surface area contributed by atoms with Gasteiger partial charge in [-0.25, -0.2) is 4.79 Å². The Labute approximate surface area is 162 Å². The Morgan fingerprint density at radius 2 is 1.57 bits per heavy atom. The minimum atomic E-state index is -4.40. The van der Waals surface area contributed by atoms with E-state index in [-0.39, 0.29) is 11.7 Å². The van der Waals surface area contributed by atoms with Crippen LogP contribution in [0.25, 0.3) is 0 Å². The lowest BCUT2D eigenvalue weighted by molar-refractivity contribution is -0.137. The van der Waals surface area contributed by atoms with E-state index in [1.54, 1.807) is 15.9 Å². The Hall–Kier alpha value is -2.70. The third-order valence-electron chi connectivity index (χ3n) is 4.95. The van der Waals surface area contributed by atoms with Crippen LogP contribution in [0.3, 0.4) is 0 Å². The van der Waals surface area contributed by atoms with Gasteiger partial charge in [0.05, 0.1) is 5.56 Å². The minimum absolute atomic E-state index is 0.166. The number of alkyl halides is 3. The number of anilines is 2. The number of carbonyl (C=O) groups excluding carboxylic acids is 1. The van der Waals surface area contributed by atoms with E-state index in [4.69, 9.17) is 0 Å². The summed E-state index contributed by atoms with van der Waals surface area (Å²) in [5, 5.41) is 2.86. The molecule has 4 nitrogen and oxygen atoms in total. The van der Waals surface area contributed by atoms with E-state index in [1.165, 1.54) is 17.7 Å². The van der Waals surface area contributed by atoms with Gasteiger partial charge in [0, 0.05) is 37.6 Å². The SMILES string of the molecule is CC(C)c1ccc(NC(=O)N2CCN(c3ccccc3C(F)(F)F)CC2)cc1. The molecule has 1 heterocycles. The first-order chi connectivity index (χ1) is 13.3. The molecule has 1 saturated heterocycles. The molecule has 2 aromatic carbocycles. The van der Waals surface area contributed by atoms with E-state index in [9.17, 15) is 18.0 Å². The number of carbonyl (C=O) groups is 1. The molecule has 0 bridgehead atoms. The average Bonchev–Trinajstić information content (AvgIpc) is 2.68. The summed E-state index contributed by atoms with van der Waals surface area (Å²) in [6, 6.07) is 13.0. The van der Waals surface area contributed by atoms with Crippen LogP contribution in [0, 0.1) is 0 Å². The largest absolute Gasteiger partial charge is 0.418 e. The van der Waals surface area contributed by atoms with Crippen molar-refractivity contribution in [3.8, 4) is 0 Å². The normalized spacial score (nSPS) is 15.1. The maximum absolute atomic E-state index is 13.2. The van der Waals surface area contributed by atoms with Crippen molar-refractivity contribution >= 4 is 17.4 Å². The zero-order valence-electron chi connectivity index (χ0n) is 16.0. The molecule has 1 aliphatic rings. The number of amides is 2. The molecule has 0 saturated carbocycles. The Bertz CT molecular complexity index is 810. The second-order valence-corrected chi connectivity index (χ2v) is 7.20. The van der Waals surface area contributed by atoms with Crippen LogP contribution < -0.4 is 10.2 Å². The fraction of sp³-hybridized carbons (Fsp3) is 0.381. The number of hydrogen-bond donors (Lipinski definition) is 1. The molecule has 1 aliphatic heterocycles. The van der Waals surface area contributed by atoms with Crippen LogP contribution in [0.1, 0.15) is 30.9 Å². The van der Waals surface area contributed by atoms with Crippen molar-refractivity contribution in [2.24, 2.45) is 0 Å². The zero-order valence-corrected chi connectivity index (χ0v) is 16.0. The van der Waals surface area contributed by atoms with Gasteiger partial charge in [0.1, 0.15) is 0 Å². The van der Waals surface area contributed by atoms with Gasteiger partial charge in [0.15, 0.2) is 0 Å². The maximum Gasteiger partial charge on any atom is 0.418 e. The smallest absolute Gasteiger partial charge is 0.367 e. The van der Waals surface area contributed by atoms with Crippen molar-refractivity contribution in [1.29, 1.82) is 0 Å². The van der Waals surface area contributed by atoms with Gasteiger partial charge in [0.2, 0.25) is 0 Å². The van der Waals surface area contributed by atoms with Crippen molar-refractivity contribution in [2.75, 3.05) is 36.4 Å². The van der Waals surface area contributed by atoms with Crippen LogP contribution in [-0.2, 0) is 6.18 Å². The second-order valence-electron chi connectivity index (χ2n) is 7.20. The van der Waals surface area contributed by atoms with E-state index in [0.717, 1.165) is 6.07 Å². The summed E-state index contributed by atoms with van der Waals surface area (Å²) in [4.78, 5) is 15.8. The van der Waals surface area contributed by atoms with Gasteiger partial charge in [-0.15, -0.1) is 0 Å². The predicted octanol–water partition coefficient (Wildman–Crippen LogP) is 5.18. The molecule has 0 radical (unpaired) electrons. The standard InChI is InChI=1S/C21H24F3N3O/c1-15(2)16-7-9-17(10-8-16)25-20(28)27-13-11-26(12-14-27)19-6-4-3-5-18(19)21(22,23)24/h3-10,15H,11-14H2,1-2H3,(H,25,28). The molecule has 1 fully saturated rings. The summed E-state index contributed by atoms with van der Waals surface area (Å²) in [5.74, 6) is 0.414. The molecule has 2 amide bonds. The van der Waals surface area contributed by atoms with Crippen LogP contribution in [0.15, 0.2) is 48.5 Å². The average molecular weight is 391 g/mol. The van der Waals surface area contributed by atoms with Gasteiger partial charge in [-0.2, -0.15) is 13.2 Å². The van der Waals surface area contributed by atoms with E-state index >= 15 is 0 Å². The highest BCUT2D eigenvalue weighted by atomic mass is 19.4. The van der Waals surface area contributed by atoms with Crippen molar-refractivity contribution in [3.63, 3.8) is 0 Å². The Morgan fingerprint density at radius 1 is 0.964 bits per heavy atom. The Kier molecular flexibility index (Phi) is 5.82. The molecular formula is C21H24F3N3O. The molecular weight excluding hydrogens is 367 g/mol. The molecule has 28 heavy (non-hydrogen) atoms. The van der Waals surface area contributed by atoms with Gasteiger partial charge in [0.25, 0.3) is 0 Å². The first kappa shape index (κ1) is 20.0. The monoisotopic (exact) mass is 391 g/mol. The van der Waals surface area contributed by atoms with Crippen molar-refractivity contribution in [3.05, 3.63) is 59.7 Å². The first-order valence-corrected chi connectivity index (χ1v) is 9.33. The molecule has 3 rings (SSSR count). The van der Waals surface area contributed by atoms with E-state index in [0.29, 0.717) is 37.8 Å². The number of halogens is 3. The van der Waals surface area contributed by atoms with Crippen LogP contribution in [0.4, 0.5) is 29.3 Å². The lowest BCUT2D eigenvalue weighted by atomic mass is 10.0. The quantitative estimate of drug-likeness (QED) is 0.782.